The first-order valence-corrected chi connectivity index (χ1v) is 10.4. The van der Waals surface area contributed by atoms with Crippen LogP contribution in [0.1, 0.15) is 13.8 Å². The Morgan fingerprint density at radius 1 is 1.28 bits per heavy atom. The molecule has 2 amide bonds. The number of benzene rings is 1. The number of nitrogens with one attached hydrogen (secondary N) is 1. The molecule has 2 aliphatic heterocycles. The summed E-state index contributed by atoms with van der Waals surface area (Å²) in [5, 5.41) is 2.88. The molecule has 0 aliphatic carbocycles. The number of amides is 2. The second kappa shape index (κ2) is 9.80. The highest BCUT2D eigenvalue weighted by Crippen LogP contribution is 2.34. The summed E-state index contributed by atoms with van der Waals surface area (Å²) in [6.07, 6.45) is 1.26. The molecule has 8 nitrogen and oxygen atoms in total. The predicted octanol–water partition coefficient (Wildman–Crippen LogP) is 1.83. The lowest BCUT2D eigenvalue weighted by atomic mass is 10.2. The minimum Gasteiger partial charge on any atom is -0.463 e. The molecular weight excluding hydrogens is 394 g/mol. The molecule has 29 heavy (non-hydrogen) atoms. The van der Waals surface area contributed by atoms with Crippen molar-refractivity contribution >= 4 is 40.9 Å². The van der Waals surface area contributed by atoms with Gasteiger partial charge in [-0.25, -0.2) is 4.79 Å². The highest BCUT2D eigenvalue weighted by molar-refractivity contribution is 8.04. The number of esters is 1. The van der Waals surface area contributed by atoms with E-state index in [9.17, 15) is 14.4 Å². The molecule has 2 saturated heterocycles. The molecule has 0 spiro atoms. The van der Waals surface area contributed by atoms with Crippen LogP contribution in [0.25, 0.3) is 0 Å². The van der Waals surface area contributed by atoms with Crippen molar-refractivity contribution in [3.8, 4) is 0 Å². The van der Waals surface area contributed by atoms with E-state index in [1.54, 1.807) is 13.8 Å². The van der Waals surface area contributed by atoms with Crippen LogP contribution in [0.2, 0.25) is 0 Å². The Kier molecular flexibility index (Phi) is 7.16. The fourth-order valence-corrected chi connectivity index (χ4v) is 4.13. The molecule has 156 valence electrons. The molecule has 0 radical (unpaired) electrons. The van der Waals surface area contributed by atoms with Gasteiger partial charge in [-0.2, -0.15) is 0 Å². The van der Waals surface area contributed by atoms with Gasteiger partial charge in [0.05, 0.1) is 36.2 Å². The van der Waals surface area contributed by atoms with Gasteiger partial charge in [0, 0.05) is 24.5 Å². The third-order valence-electron chi connectivity index (χ3n) is 4.53. The summed E-state index contributed by atoms with van der Waals surface area (Å²) in [6.45, 7) is 6.64. The van der Waals surface area contributed by atoms with Crippen molar-refractivity contribution in [2.24, 2.45) is 0 Å². The molecule has 9 heteroatoms. The third-order valence-corrected chi connectivity index (χ3v) is 5.67. The lowest BCUT2D eigenvalue weighted by molar-refractivity contribution is -0.137. The zero-order valence-corrected chi connectivity index (χ0v) is 17.4. The average molecular weight is 420 g/mol. The Labute approximate surface area is 174 Å². The van der Waals surface area contributed by atoms with E-state index in [0.29, 0.717) is 23.9 Å². The van der Waals surface area contributed by atoms with E-state index in [-0.39, 0.29) is 30.2 Å². The van der Waals surface area contributed by atoms with Crippen molar-refractivity contribution in [3.05, 3.63) is 35.4 Å². The van der Waals surface area contributed by atoms with E-state index in [1.165, 1.54) is 22.7 Å². The average Bonchev–Trinajstić information content (AvgIpc) is 2.96. The van der Waals surface area contributed by atoms with Crippen molar-refractivity contribution in [2.75, 3.05) is 49.7 Å². The van der Waals surface area contributed by atoms with Crippen LogP contribution in [0.5, 0.6) is 0 Å². The van der Waals surface area contributed by atoms with Gasteiger partial charge in [0.1, 0.15) is 6.54 Å². The molecule has 2 heterocycles. The Morgan fingerprint density at radius 3 is 2.62 bits per heavy atom. The van der Waals surface area contributed by atoms with Gasteiger partial charge in [0.15, 0.2) is 0 Å². The Bertz CT molecular complexity index is 790. The number of thioether (sulfide) groups is 1. The maximum Gasteiger partial charge on any atom is 0.333 e. The lowest BCUT2D eigenvalue weighted by Crippen LogP contribution is -2.36. The zero-order valence-electron chi connectivity index (χ0n) is 16.6. The van der Waals surface area contributed by atoms with Crippen molar-refractivity contribution in [2.45, 2.75) is 19.1 Å². The summed E-state index contributed by atoms with van der Waals surface area (Å²) in [7, 11) is 0. The quantitative estimate of drug-likeness (QED) is 0.556. The van der Waals surface area contributed by atoms with E-state index in [2.05, 4.69) is 10.2 Å². The van der Waals surface area contributed by atoms with Crippen LogP contribution >= 0.6 is 11.8 Å². The van der Waals surface area contributed by atoms with E-state index < -0.39 is 5.97 Å². The molecule has 2 fully saturated rings. The fraction of sp³-hybridized carbons (Fsp3) is 0.450. The number of nitrogens with zero attached hydrogens (tertiary/aromatic N) is 2. The van der Waals surface area contributed by atoms with Crippen molar-refractivity contribution in [1.29, 1.82) is 0 Å². The van der Waals surface area contributed by atoms with Gasteiger partial charge >= 0.3 is 5.97 Å². The van der Waals surface area contributed by atoms with Crippen LogP contribution in [0.15, 0.2) is 35.4 Å². The van der Waals surface area contributed by atoms with Gasteiger partial charge in [-0.05, 0) is 38.1 Å². The molecule has 0 unspecified atom stereocenters. The van der Waals surface area contributed by atoms with Crippen LogP contribution in [0.4, 0.5) is 11.4 Å². The van der Waals surface area contributed by atoms with Crippen LogP contribution in [-0.4, -0.2) is 67.4 Å². The molecular formula is C20H25N3O5S. The first-order valence-electron chi connectivity index (χ1n) is 9.57. The molecule has 0 saturated carbocycles. The first kappa shape index (κ1) is 21.2. The number of hydrogen-bond acceptors (Lipinski definition) is 7. The molecule has 1 atom stereocenters. The van der Waals surface area contributed by atoms with E-state index in [0.717, 1.165) is 18.8 Å². The van der Waals surface area contributed by atoms with Crippen LogP contribution in [0, 0.1) is 0 Å². The first-order chi connectivity index (χ1) is 14.0. The second-order valence-corrected chi connectivity index (χ2v) is 7.97. The van der Waals surface area contributed by atoms with Gasteiger partial charge in [-0.3, -0.25) is 14.5 Å². The normalized spacial score (nSPS) is 20.8. The number of rotatable bonds is 6. The number of carbonyl (C=O) groups is 3. The molecule has 0 bridgehead atoms. The number of anilines is 2. The minimum atomic E-state index is -0.527. The smallest absolute Gasteiger partial charge is 0.333 e. The maximum absolute atomic E-state index is 12.5. The third kappa shape index (κ3) is 5.51. The summed E-state index contributed by atoms with van der Waals surface area (Å²) in [4.78, 5) is 40.1. The molecule has 2 aliphatic rings. The topological polar surface area (TPSA) is 88.2 Å². The molecule has 1 aromatic rings. The summed E-state index contributed by atoms with van der Waals surface area (Å²) in [5.41, 5.74) is 1.72. The van der Waals surface area contributed by atoms with Crippen LogP contribution in [-0.2, 0) is 23.9 Å². The molecule has 1 aromatic carbocycles. The SMILES string of the molecule is CCOC(=O)C=C1S[C@H](C)C(=O)N1CC(=O)Nc1ccc(N2CCOCC2)cc1. The number of hydrogen-bond donors (Lipinski definition) is 1. The standard InChI is InChI=1S/C20H25N3O5S/c1-3-28-19(25)12-18-23(20(26)14(2)29-18)13-17(24)21-15-4-6-16(7-5-15)22-8-10-27-11-9-22/h4-7,12,14H,3,8-11,13H2,1-2H3,(H,21,24)/t14-/m1/s1. The highest BCUT2D eigenvalue weighted by atomic mass is 32.2. The largest absolute Gasteiger partial charge is 0.463 e. The maximum atomic E-state index is 12.5. The Balaban J connectivity index is 1.61. The predicted molar refractivity (Wildman–Crippen MR) is 112 cm³/mol. The van der Waals surface area contributed by atoms with Gasteiger partial charge in [0.25, 0.3) is 0 Å². The number of morpholine rings is 1. The minimum absolute atomic E-state index is 0.160. The summed E-state index contributed by atoms with van der Waals surface area (Å²) in [5.74, 6) is -1.06. The summed E-state index contributed by atoms with van der Waals surface area (Å²) >= 11 is 1.24. The highest BCUT2D eigenvalue weighted by Gasteiger charge is 2.35. The fourth-order valence-electron chi connectivity index (χ4n) is 3.10. The number of carbonyl (C=O) groups excluding carboxylic acids is 3. The van der Waals surface area contributed by atoms with Gasteiger partial charge < -0.3 is 19.7 Å². The molecule has 3 rings (SSSR count). The van der Waals surface area contributed by atoms with Crippen molar-refractivity contribution in [3.63, 3.8) is 0 Å². The summed E-state index contributed by atoms with van der Waals surface area (Å²) in [6, 6.07) is 7.57. The Morgan fingerprint density at radius 2 is 1.97 bits per heavy atom. The lowest BCUT2D eigenvalue weighted by Gasteiger charge is -2.28. The van der Waals surface area contributed by atoms with E-state index in [1.807, 2.05) is 24.3 Å². The van der Waals surface area contributed by atoms with Gasteiger partial charge in [0.2, 0.25) is 11.8 Å². The molecule has 0 aromatic heterocycles. The Hall–Kier alpha value is -2.52. The van der Waals surface area contributed by atoms with Crippen molar-refractivity contribution < 1.29 is 23.9 Å². The monoisotopic (exact) mass is 419 g/mol. The van der Waals surface area contributed by atoms with Crippen molar-refractivity contribution in [1.82, 2.24) is 4.90 Å². The van der Waals surface area contributed by atoms with Gasteiger partial charge in [-0.1, -0.05) is 11.8 Å². The number of ether oxygens (including phenoxy) is 2. The van der Waals surface area contributed by atoms with E-state index in [4.69, 9.17) is 9.47 Å². The van der Waals surface area contributed by atoms with E-state index >= 15 is 0 Å². The summed E-state index contributed by atoms with van der Waals surface area (Å²) < 4.78 is 10.3. The second-order valence-electron chi connectivity index (χ2n) is 6.61. The van der Waals surface area contributed by atoms with Crippen LogP contribution < -0.4 is 10.2 Å². The van der Waals surface area contributed by atoms with Crippen LogP contribution in [0.3, 0.4) is 0 Å². The van der Waals surface area contributed by atoms with Gasteiger partial charge in [-0.15, -0.1) is 0 Å². The zero-order chi connectivity index (χ0) is 20.8. The molecule has 1 N–H and O–H groups in total.